The second-order valence-corrected chi connectivity index (χ2v) is 3.18. The molecule has 1 rings (SSSR count). The van der Waals surface area contributed by atoms with Crippen molar-refractivity contribution in [3.05, 3.63) is 27.4 Å². The van der Waals surface area contributed by atoms with Crippen molar-refractivity contribution in [1.82, 2.24) is 9.99 Å². The lowest BCUT2D eigenvalue weighted by Gasteiger charge is -2.11. The molecule has 0 bridgehead atoms. The van der Waals surface area contributed by atoms with Crippen molar-refractivity contribution in [1.29, 1.82) is 0 Å². The van der Waals surface area contributed by atoms with Crippen molar-refractivity contribution in [3.63, 3.8) is 0 Å². The fourth-order valence-corrected chi connectivity index (χ4v) is 1.08. The molecule has 7 heteroatoms. The molecule has 0 atom stereocenters. The van der Waals surface area contributed by atoms with Gasteiger partial charge in [-0.2, -0.15) is 0 Å². The molecule has 0 aliphatic heterocycles. The molecule has 0 unspecified atom stereocenters. The lowest BCUT2D eigenvalue weighted by atomic mass is 10.4. The van der Waals surface area contributed by atoms with Gasteiger partial charge in [-0.05, 0) is 0 Å². The molecule has 76 valence electrons. The summed E-state index contributed by atoms with van der Waals surface area (Å²) in [4.78, 5) is 13.8. The van der Waals surface area contributed by atoms with Crippen LogP contribution in [0.2, 0.25) is 5.15 Å². The highest BCUT2D eigenvalue weighted by molar-refractivity contribution is 6.29. The zero-order chi connectivity index (χ0) is 10.7. The molecule has 0 saturated heterocycles. The Hall–Kier alpha value is -1.40. The first-order valence-corrected chi connectivity index (χ1v) is 4.13. The van der Waals surface area contributed by atoms with Crippen molar-refractivity contribution in [2.75, 3.05) is 19.5 Å². The van der Waals surface area contributed by atoms with Gasteiger partial charge in [0.15, 0.2) is 0 Å². The summed E-state index contributed by atoms with van der Waals surface area (Å²) in [6, 6.07) is 2.51. The van der Waals surface area contributed by atoms with E-state index < -0.39 is 4.92 Å². The summed E-state index contributed by atoms with van der Waals surface area (Å²) in [5.74, 6) is 0.342. The largest absolute Gasteiger partial charge is 0.303 e. The van der Waals surface area contributed by atoms with Gasteiger partial charge in [0, 0.05) is 14.1 Å². The fraction of sp³-hybridized carbons (Fsp3) is 0.286. The molecular weight excluding hydrogens is 208 g/mol. The Balaban J connectivity index is 3.01. The molecule has 1 aromatic heterocycles. The van der Waals surface area contributed by atoms with Crippen molar-refractivity contribution >= 4 is 23.1 Å². The summed E-state index contributed by atoms with van der Waals surface area (Å²) in [7, 11) is 3.49. The second kappa shape index (κ2) is 4.21. The number of hydrogen-bond donors (Lipinski definition) is 1. The second-order valence-electron chi connectivity index (χ2n) is 2.80. The molecule has 1 aromatic rings. The Kier molecular flexibility index (Phi) is 3.21. The van der Waals surface area contributed by atoms with E-state index in [2.05, 4.69) is 10.4 Å². The van der Waals surface area contributed by atoms with E-state index in [-0.39, 0.29) is 10.8 Å². The van der Waals surface area contributed by atoms with Crippen molar-refractivity contribution < 1.29 is 4.92 Å². The van der Waals surface area contributed by atoms with E-state index in [4.69, 9.17) is 11.6 Å². The van der Waals surface area contributed by atoms with Gasteiger partial charge in [-0.3, -0.25) is 10.1 Å². The number of rotatable bonds is 3. The van der Waals surface area contributed by atoms with Gasteiger partial charge in [-0.25, -0.2) is 9.99 Å². The van der Waals surface area contributed by atoms with Crippen LogP contribution in [0.5, 0.6) is 0 Å². The quantitative estimate of drug-likeness (QED) is 0.471. The van der Waals surface area contributed by atoms with Gasteiger partial charge in [0.1, 0.15) is 11.0 Å². The van der Waals surface area contributed by atoms with Crippen molar-refractivity contribution in [2.24, 2.45) is 0 Å². The average Bonchev–Trinajstić information content (AvgIpc) is 2.01. The molecule has 1 N–H and O–H groups in total. The topological polar surface area (TPSA) is 71.3 Å². The molecule has 0 aliphatic carbocycles. The molecule has 0 aliphatic rings. The number of hydrogen-bond acceptors (Lipinski definition) is 5. The molecule has 0 aromatic carbocycles. The molecular formula is C7H9ClN4O2. The standard InChI is InChI=1S/C7H9ClN4O2/c1-11(2)10-7-4-5(12(13)14)3-6(8)9-7/h3-4H,1-2H3,(H,9,10). The van der Waals surface area contributed by atoms with Gasteiger partial charge in [0.05, 0.1) is 17.1 Å². The lowest BCUT2D eigenvalue weighted by Crippen LogP contribution is -2.20. The van der Waals surface area contributed by atoms with E-state index in [1.54, 1.807) is 19.1 Å². The number of nitrogens with one attached hydrogen (secondary N) is 1. The Labute approximate surface area is 85.6 Å². The van der Waals surface area contributed by atoms with Gasteiger partial charge in [-0.15, -0.1) is 0 Å². The summed E-state index contributed by atoms with van der Waals surface area (Å²) in [5.41, 5.74) is 2.69. The molecule has 6 nitrogen and oxygen atoms in total. The maximum absolute atomic E-state index is 10.5. The number of nitrogens with zero attached hydrogens (tertiary/aromatic N) is 3. The highest BCUT2D eigenvalue weighted by Crippen LogP contribution is 2.20. The maximum Gasteiger partial charge on any atom is 0.276 e. The zero-order valence-corrected chi connectivity index (χ0v) is 8.45. The number of nitro groups is 1. The molecule has 0 saturated carbocycles. The first kappa shape index (κ1) is 10.7. The number of anilines is 1. The highest BCUT2D eigenvalue weighted by Gasteiger charge is 2.10. The normalized spacial score (nSPS) is 10.3. The Morgan fingerprint density at radius 2 is 2.21 bits per heavy atom. The fourth-order valence-electron chi connectivity index (χ4n) is 0.875. The highest BCUT2D eigenvalue weighted by atomic mass is 35.5. The van der Waals surface area contributed by atoms with E-state index in [0.717, 1.165) is 0 Å². The third-order valence-corrected chi connectivity index (χ3v) is 1.52. The van der Waals surface area contributed by atoms with Gasteiger partial charge in [0.2, 0.25) is 0 Å². The van der Waals surface area contributed by atoms with Gasteiger partial charge >= 0.3 is 0 Å². The van der Waals surface area contributed by atoms with Crippen LogP contribution in [0.15, 0.2) is 12.1 Å². The van der Waals surface area contributed by atoms with Gasteiger partial charge in [0.25, 0.3) is 5.69 Å². The number of halogens is 1. The summed E-state index contributed by atoms with van der Waals surface area (Å²) in [6.45, 7) is 0. The minimum absolute atomic E-state index is 0.0866. The van der Waals surface area contributed by atoms with Crippen LogP contribution in [0.3, 0.4) is 0 Å². The van der Waals surface area contributed by atoms with Crippen LogP contribution in [-0.2, 0) is 0 Å². The number of hydrazine groups is 1. The smallest absolute Gasteiger partial charge is 0.276 e. The summed E-state index contributed by atoms with van der Waals surface area (Å²) in [6.07, 6.45) is 0. The van der Waals surface area contributed by atoms with Gasteiger partial charge < -0.3 is 5.43 Å². The molecule has 0 radical (unpaired) electrons. The Morgan fingerprint density at radius 1 is 1.57 bits per heavy atom. The maximum atomic E-state index is 10.5. The van der Waals surface area contributed by atoms with Crippen LogP contribution in [0, 0.1) is 10.1 Å². The van der Waals surface area contributed by atoms with Crippen LogP contribution in [0.1, 0.15) is 0 Å². The van der Waals surface area contributed by atoms with Crippen LogP contribution >= 0.6 is 11.6 Å². The number of aromatic nitrogens is 1. The van der Waals surface area contributed by atoms with Crippen molar-refractivity contribution in [2.45, 2.75) is 0 Å². The molecule has 0 fully saturated rings. The Morgan fingerprint density at radius 3 is 2.71 bits per heavy atom. The lowest BCUT2D eigenvalue weighted by molar-refractivity contribution is -0.384. The summed E-state index contributed by atoms with van der Waals surface area (Å²) in [5, 5.41) is 12.2. The zero-order valence-electron chi connectivity index (χ0n) is 7.69. The molecule has 14 heavy (non-hydrogen) atoms. The predicted octanol–water partition coefficient (Wildman–Crippen LogP) is 1.53. The minimum Gasteiger partial charge on any atom is -0.303 e. The molecule has 0 spiro atoms. The SMILES string of the molecule is CN(C)Nc1cc([N+](=O)[O-])cc(Cl)n1. The van der Waals surface area contributed by atoms with Crippen LogP contribution < -0.4 is 5.43 Å². The number of pyridine rings is 1. The predicted molar refractivity (Wildman–Crippen MR) is 53.2 cm³/mol. The van der Waals surface area contributed by atoms with Crippen LogP contribution in [-0.4, -0.2) is 29.0 Å². The van der Waals surface area contributed by atoms with E-state index in [9.17, 15) is 10.1 Å². The van der Waals surface area contributed by atoms with E-state index >= 15 is 0 Å². The van der Waals surface area contributed by atoms with Gasteiger partial charge in [-0.1, -0.05) is 11.6 Å². The van der Waals surface area contributed by atoms with Crippen LogP contribution in [0.4, 0.5) is 11.5 Å². The third-order valence-electron chi connectivity index (χ3n) is 1.33. The van der Waals surface area contributed by atoms with E-state index in [0.29, 0.717) is 5.82 Å². The third kappa shape index (κ3) is 2.82. The van der Waals surface area contributed by atoms with E-state index in [1.807, 2.05) is 0 Å². The molecule has 1 heterocycles. The van der Waals surface area contributed by atoms with E-state index in [1.165, 1.54) is 12.1 Å². The van der Waals surface area contributed by atoms with Crippen LogP contribution in [0.25, 0.3) is 0 Å². The Bertz CT molecular complexity index is 356. The van der Waals surface area contributed by atoms with Crippen molar-refractivity contribution in [3.8, 4) is 0 Å². The summed E-state index contributed by atoms with van der Waals surface area (Å²) < 4.78 is 0. The molecule has 0 amide bonds. The monoisotopic (exact) mass is 216 g/mol. The first-order chi connectivity index (χ1) is 6.49. The average molecular weight is 217 g/mol. The first-order valence-electron chi connectivity index (χ1n) is 3.75. The summed E-state index contributed by atoms with van der Waals surface area (Å²) >= 11 is 5.60. The minimum atomic E-state index is -0.519.